The zero-order chi connectivity index (χ0) is 14.4. The maximum absolute atomic E-state index is 11.7. The second-order valence-corrected chi connectivity index (χ2v) is 4.37. The first kappa shape index (κ1) is 14.2. The van der Waals surface area contributed by atoms with Gasteiger partial charge in [-0.2, -0.15) is 0 Å². The average molecular weight is 289 g/mol. The van der Waals surface area contributed by atoms with Gasteiger partial charge in [0.2, 0.25) is 0 Å². The first-order valence-electron chi connectivity index (χ1n) is 5.97. The molecule has 0 aliphatic heterocycles. The number of hydrogen-bond donors (Lipinski definition) is 0. The van der Waals surface area contributed by atoms with Crippen molar-refractivity contribution >= 4 is 23.6 Å². The first-order chi connectivity index (χ1) is 9.69. The Morgan fingerprint density at radius 1 is 1.10 bits per heavy atom. The van der Waals surface area contributed by atoms with Gasteiger partial charge in [0.1, 0.15) is 11.5 Å². The molecule has 0 amide bonds. The van der Waals surface area contributed by atoms with Crippen molar-refractivity contribution in [3.05, 3.63) is 65.2 Å². The smallest absolute Gasteiger partial charge is 0.336 e. The van der Waals surface area contributed by atoms with E-state index >= 15 is 0 Å². The van der Waals surface area contributed by atoms with Gasteiger partial charge in [-0.15, -0.1) is 0 Å². The Bertz CT molecular complexity index is 618. The number of carbonyl (C=O) groups is 1. The normalized spacial score (nSPS) is 10.5. The molecule has 0 saturated heterocycles. The predicted molar refractivity (Wildman–Crippen MR) is 79.1 cm³/mol. The van der Waals surface area contributed by atoms with Gasteiger partial charge in [-0.1, -0.05) is 35.9 Å². The molecule has 0 heterocycles. The van der Waals surface area contributed by atoms with E-state index in [1.165, 1.54) is 6.08 Å². The molecule has 2 aromatic carbocycles. The van der Waals surface area contributed by atoms with E-state index in [1.807, 2.05) is 24.3 Å². The van der Waals surface area contributed by atoms with E-state index in [-0.39, 0.29) is 0 Å². The maximum Gasteiger partial charge on any atom is 0.336 e. The van der Waals surface area contributed by atoms with Gasteiger partial charge in [-0.3, -0.25) is 0 Å². The van der Waals surface area contributed by atoms with Gasteiger partial charge in [0.05, 0.1) is 12.1 Å². The lowest BCUT2D eigenvalue weighted by Gasteiger charge is -2.03. The zero-order valence-corrected chi connectivity index (χ0v) is 11.6. The van der Waals surface area contributed by atoms with Gasteiger partial charge in [0, 0.05) is 6.08 Å². The molecule has 0 fully saturated rings. The Hall–Kier alpha value is -2.26. The summed E-state index contributed by atoms with van der Waals surface area (Å²) >= 11 is 5.90. The number of carbonyl (C=O) groups excluding carboxylic acids is 1. The van der Waals surface area contributed by atoms with E-state index in [2.05, 4.69) is 0 Å². The third-order valence-electron chi connectivity index (χ3n) is 2.57. The van der Waals surface area contributed by atoms with Crippen molar-refractivity contribution in [1.29, 1.82) is 0 Å². The van der Waals surface area contributed by atoms with Gasteiger partial charge < -0.3 is 9.47 Å². The van der Waals surface area contributed by atoms with E-state index in [0.29, 0.717) is 10.8 Å². The van der Waals surface area contributed by atoms with Crippen LogP contribution < -0.4 is 9.47 Å². The van der Waals surface area contributed by atoms with Crippen LogP contribution in [-0.2, 0) is 4.79 Å². The molecule has 0 atom stereocenters. The highest BCUT2D eigenvalue weighted by Gasteiger charge is 2.04. The summed E-state index contributed by atoms with van der Waals surface area (Å²) in [7, 11) is 1.60. The summed E-state index contributed by atoms with van der Waals surface area (Å²) in [6.07, 6.45) is 3.02. The Balaban J connectivity index is 2.00. The summed E-state index contributed by atoms with van der Waals surface area (Å²) in [5, 5.41) is 0.402. The molecule has 2 aromatic rings. The van der Waals surface area contributed by atoms with Crippen molar-refractivity contribution in [2.45, 2.75) is 0 Å². The number of halogens is 1. The van der Waals surface area contributed by atoms with Crippen LogP contribution in [0.2, 0.25) is 5.02 Å². The molecule has 0 aliphatic carbocycles. The van der Waals surface area contributed by atoms with Gasteiger partial charge in [0.25, 0.3) is 0 Å². The number of rotatable bonds is 4. The molecule has 0 bridgehead atoms. The zero-order valence-electron chi connectivity index (χ0n) is 10.9. The van der Waals surface area contributed by atoms with E-state index in [1.54, 1.807) is 37.5 Å². The Labute approximate surface area is 122 Å². The lowest BCUT2D eigenvalue weighted by Crippen LogP contribution is -2.03. The summed E-state index contributed by atoms with van der Waals surface area (Å²) in [4.78, 5) is 11.7. The summed E-state index contributed by atoms with van der Waals surface area (Å²) in [6, 6.07) is 14.2. The Morgan fingerprint density at radius 2 is 1.80 bits per heavy atom. The molecule has 20 heavy (non-hydrogen) atoms. The van der Waals surface area contributed by atoms with Crippen LogP contribution in [-0.4, -0.2) is 13.1 Å². The molecule has 2 rings (SSSR count). The first-order valence-corrected chi connectivity index (χ1v) is 6.35. The van der Waals surface area contributed by atoms with Crippen LogP contribution in [0.5, 0.6) is 11.5 Å². The fraction of sp³-hybridized carbons (Fsp3) is 0.0625. The molecular weight excluding hydrogens is 276 g/mol. The van der Waals surface area contributed by atoms with Gasteiger partial charge >= 0.3 is 5.97 Å². The summed E-state index contributed by atoms with van der Waals surface area (Å²) in [5.41, 5.74) is 0.877. The third kappa shape index (κ3) is 3.87. The number of methoxy groups -OCH3 is 1. The molecule has 102 valence electrons. The van der Waals surface area contributed by atoms with Gasteiger partial charge in [-0.25, -0.2) is 4.79 Å². The van der Waals surface area contributed by atoms with Crippen molar-refractivity contribution in [2.24, 2.45) is 0 Å². The highest BCUT2D eigenvalue weighted by molar-refractivity contribution is 6.32. The van der Waals surface area contributed by atoms with Crippen LogP contribution in [0.3, 0.4) is 0 Å². The van der Waals surface area contributed by atoms with Crippen LogP contribution >= 0.6 is 11.6 Å². The highest BCUT2D eigenvalue weighted by atomic mass is 35.5. The van der Waals surface area contributed by atoms with Crippen LogP contribution in [0.25, 0.3) is 6.08 Å². The molecule has 0 spiro atoms. The second-order valence-electron chi connectivity index (χ2n) is 3.96. The molecule has 0 aromatic heterocycles. The fourth-order valence-corrected chi connectivity index (χ4v) is 1.72. The molecular formula is C16H13ClO3. The molecule has 4 heteroatoms. The standard InChI is InChI=1S/C16H13ClO3/c1-19-13-9-6-12(7-10-13)8-11-16(18)20-15-5-3-2-4-14(15)17/h2-11H,1H3/b11-8+. The van der Waals surface area contributed by atoms with Crippen LogP contribution in [0.4, 0.5) is 0 Å². The van der Waals surface area contributed by atoms with Crippen LogP contribution in [0.15, 0.2) is 54.6 Å². The van der Waals surface area contributed by atoms with Crippen molar-refractivity contribution in [1.82, 2.24) is 0 Å². The highest BCUT2D eigenvalue weighted by Crippen LogP contribution is 2.23. The Kier molecular flexibility index (Phi) is 4.80. The van der Waals surface area contributed by atoms with Gasteiger partial charge in [-0.05, 0) is 35.9 Å². The fourth-order valence-electron chi connectivity index (χ4n) is 1.55. The molecule has 3 nitrogen and oxygen atoms in total. The number of ether oxygens (including phenoxy) is 2. The summed E-state index contributed by atoms with van der Waals surface area (Å²) < 4.78 is 10.2. The lowest BCUT2D eigenvalue weighted by atomic mass is 10.2. The van der Waals surface area contributed by atoms with Gasteiger partial charge in [0.15, 0.2) is 0 Å². The summed E-state index contributed by atoms with van der Waals surface area (Å²) in [6.45, 7) is 0. The minimum Gasteiger partial charge on any atom is -0.497 e. The minimum atomic E-state index is -0.478. The molecule has 0 saturated carbocycles. The van der Waals surface area contributed by atoms with Crippen LogP contribution in [0, 0.1) is 0 Å². The van der Waals surface area contributed by atoms with E-state index in [9.17, 15) is 4.79 Å². The topological polar surface area (TPSA) is 35.5 Å². The average Bonchev–Trinajstić information content (AvgIpc) is 2.48. The SMILES string of the molecule is COc1ccc(/C=C/C(=O)Oc2ccccc2Cl)cc1. The van der Waals surface area contributed by atoms with E-state index < -0.39 is 5.97 Å². The maximum atomic E-state index is 11.7. The molecule has 0 aliphatic rings. The third-order valence-corrected chi connectivity index (χ3v) is 2.89. The lowest BCUT2D eigenvalue weighted by molar-refractivity contribution is -0.128. The molecule has 0 unspecified atom stereocenters. The monoisotopic (exact) mass is 288 g/mol. The quantitative estimate of drug-likeness (QED) is 0.485. The predicted octanol–water partition coefficient (Wildman–Crippen LogP) is 3.97. The largest absolute Gasteiger partial charge is 0.497 e. The van der Waals surface area contributed by atoms with Crippen LogP contribution in [0.1, 0.15) is 5.56 Å². The molecule has 0 N–H and O–H groups in total. The van der Waals surface area contributed by atoms with Crippen molar-refractivity contribution in [2.75, 3.05) is 7.11 Å². The second kappa shape index (κ2) is 6.78. The Morgan fingerprint density at radius 3 is 2.45 bits per heavy atom. The van der Waals surface area contributed by atoms with E-state index in [0.717, 1.165) is 11.3 Å². The number of para-hydroxylation sites is 1. The number of benzene rings is 2. The molecule has 0 radical (unpaired) electrons. The van der Waals surface area contributed by atoms with Crippen molar-refractivity contribution < 1.29 is 14.3 Å². The number of hydrogen-bond acceptors (Lipinski definition) is 3. The van der Waals surface area contributed by atoms with Crippen molar-refractivity contribution in [3.63, 3.8) is 0 Å². The summed E-state index contributed by atoms with van der Waals surface area (Å²) in [5.74, 6) is 0.633. The van der Waals surface area contributed by atoms with E-state index in [4.69, 9.17) is 21.1 Å². The van der Waals surface area contributed by atoms with Crippen molar-refractivity contribution in [3.8, 4) is 11.5 Å². The number of esters is 1. The minimum absolute atomic E-state index is 0.346.